The second-order valence-electron chi connectivity index (χ2n) is 5.59. The van der Waals surface area contributed by atoms with Crippen molar-refractivity contribution in [3.63, 3.8) is 0 Å². The van der Waals surface area contributed by atoms with E-state index < -0.39 is 5.97 Å². The maximum Gasteiger partial charge on any atom is 0.350 e. The van der Waals surface area contributed by atoms with Gasteiger partial charge < -0.3 is 10.1 Å². The molecular formula is C21H19NO3S2. The molecule has 138 valence electrons. The van der Waals surface area contributed by atoms with Crippen molar-refractivity contribution in [1.29, 1.82) is 0 Å². The average molecular weight is 398 g/mol. The Bertz CT molecular complexity index is 951. The fourth-order valence-corrected chi connectivity index (χ4v) is 4.21. The van der Waals surface area contributed by atoms with Crippen molar-refractivity contribution < 1.29 is 14.3 Å². The molecule has 0 radical (unpaired) electrons. The van der Waals surface area contributed by atoms with E-state index in [2.05, 4.69) is 5.32 Å². The number of carbonyl (C=O) groups is 2. The smallest absolute Gasteiger partial charge is 0.350 e. The molecule has 0 spiro atoms. The molecule has 0 atom stereocenters. The molecule has 1 N–H and O–H groups in total. The second kappa shape index (κ2) is 8.88. The average Bonchev–Trinajstić information content (AvgIpc) is 3.12. The van der Waals surface area contributed by atoms with E-state index in [4.69, 9.17) is 4.74 Å². The molecule has 2 aromatic carbocycles. The summed E-state index contributed by atoms with van der Waals surface area (Å²) in [6, 6.07) is 19.0. The first-order valence-electron chi connectivity index (χ1n) is 8.44. The van der Waals surface area contributed by atoms with Crippen LogP contribution < -0.4 is 5.32 Å². The first kappa shape index (κ1) is 19.2. The van der Waals surface area contributed by atoms with E-state index in [9.17, 15) is 9.59 Å². The van der Waals surface area contributed by atoms with Crippen LogP contribution in [0.2, 0.25) is 0 Å². The normalized spacial score (nSPS) is 10.4. The highest BCUT2D eigenvalue weighted by Gasteiger charge is 2.21. The van der Waals surface area contributed by atoms with Crippen LogP contribution in [0.4, 0.5) is 5.69 Å². The zero-order valence-electron chi connectivity index (χ0n) is 15.0. The second-order valence-corrected chi connectivity index (χ2v) is 7.49. The van der Waals surface area contributed by atoms with E-state index in [0.717, 1.165) is 15.3 Å². The van der Waals surface area contributed by atoms with Crippen LogP contribution in [0.15, 0.2) is 65.6 Å². The van der Waals surface area contributed by atoms with Gasteiger partial charge in [-0.05, 0) is 36.9 Å². The van der Waals surface area contributed by atoms with Crippen molar-refractivity contribution in [1.82, 2.24) is 0 Å². The summed E-state index contributed by atoms with van der Waals surface area (Å²) in [6.07, 6.45) is 1.92. The third-order valence-electron chi connectivity index (χ3n) is 3.85. The lowest BCUT2D eigenvalue weighted by Gasteiger charge is -2.09. The largest absolute Gasteiger partial charge is 0.462 e. The van der Waals surface area contributed by atoms with Crippen molar-refractivity contribution >= 4 is 40.7 Å². The summed E-state index contributed by atoms with van der Waals surface area (Å²) in [5.74, 6) is -0.680. The van der Waals surface area contributed by atoms with E-state index in [-0.39, 0.29) is 12.5 Å². The van der Waals surface area contributed by atoms with Gasteiger partial charge in [0.2, 0.25) is 0 Å². The first-order valence-corrected chi connectivity index (χ1v) is 10.5. The van der Waals surface area contributed by atoms with Crippen LogP contribution in [0.3, 0.4) is 0 Å². The molecule has 0 fully saturated rings. The highest BCUT2D eigenvalue weighted by Crippen LogP contribution is 2.36. The third kappa shape index (κ3) is 4.40. The zero-order chi connectivity index (χ0) is 19.2. The van der Waals surface area contributed by atoms with Gasteiger partial charge >= 0.3 is 5.97 Å². The van der Waals surface area contributed by atoms with E-state index in [0.29, 0.717) is 16.1 Å². The number of anilines is 1. The van der Waals surface area contributed by atoms with Gasteiger partial charge in [0.15, 0.2) is 0 Å². The molecule has 27 heavy (non-hydrogen) atoms. The van der Waals surface area contributed by atoms with Gasteiger partial charge in [-0.2, -0.15) is 0 Å². The lowest BCUT2D eigenvalue weighted by atomic mass is 10.1. The van der Waals surface area contributed by atoms with E-state index in [1.165, 1.54) is 23.1 Å². The summed E-state index contributed by atoms with van der Waals surface area (Å²) < 4.78 is 5.17. The van der Waals surface area contributed by atoms with Gasteiger partial charge in [-0.25, -0.2) is 4.79 Å². The SMILES string of the molecule is CCOC(=O)c1sc(-c2ccccc2)cc1NC(=O)c1ccccc1SC. The van der Waals surface area contributed by atoms with Crippen LogP contribution in [-0.2, 0) is 4.74 Å². The minimum absolute atomic E-state index is 0.247. The first-order chi connectivity index (χ1) is 13.1. The summed E-state index contributed by atoms with van der Waals surface area (Å²) in [6.45, 7) is 2.04. The summed E-state index contributed by atoms with van der Waals surface area (Å²) in [7, 11) is 0. The Labute approximate surface area is 166 Å². The molecule has 4 nitrogen and oxygen atoms in total. The summed E-state index contributed by atoms with van der Waals surface area (Å²) in [5.41, 5.74) is 2.03. The number of nitrogens with one attached hydrogen (secondary N) is 1. The van der Waals surface area contributed by atoms with Crippen LogP contribution in [0, 0.1) is 0 Å². The molecule has 0 aliphatic carbocycles. The predicted octanol–water partition coefficient (Wildman–Crippen LogP) is 5.57. The number of rotatable bonds is 6. The van der Waals surface area contributed by atoms with Crippen molar-refractivity contribution in [2.24, 2.45) is 0 Å². The van der Waals surface area contributed by atoms with Crippen LogP contribution in [0.1, 0.15) is 27.0 Å². The molecule has 1 amide bonds. The Morgan fingerprint density at radius 3 is 2.48 bits per heavy atom. The highest BCUT2D eigenvalue weighted by molar-refractivity contribution is 7.98. The maximum atomic E-state index is 12.8. The number of hydrogen-bond donors (Lipinski definition) is 1. The number of thioether (sulfide) groups is 1. The molecule has 0 bridgehead atoms. The Morgan fingerprint density at radius 1 is 1.07 bits per heavy atom. The van der Waals surface area contributed by atoms with Gasteiger partial charge in [-0.15, -0.1) is 23.1 Å². The molecule has 0 unspecified atom stereocenters. The van der Waals surface area contributed by atoms with Crippen molar-refractivity contribution in [3.05, 3.63) is 71.1 Å². The number of benzene rings is 2. The van der Waals surface area contributed by atoms with E-state index in [1.54, 1.807) is 13.0 Å². The standard InChI is InChI=1S/C21H19NO3S2/c1-3-25-21(24)19-16(13-18(27-19)14-9-5-4-6-10-14)22-20(23)15-11-7-8-12-17(15)26-2/h4-13H,3H2,1-2H3,(H,22,23). The summed E-state index contributed by atoms with van der Waals surface area (Å²) >= 11 is 2.82. The molecule has 3 rings (SSSR count). The number of hydrogen-bond acceptors (Lipinski definition) is 5. The van der Waals surface area contributed by atoms with Crippen molar-refractivity contribution in [2.45, 2.75) is 11.8 Å². The molecular weight excluding hydrogens is 378 g/mol. The van der Waals surface area contributed by atoms with Crippen molar-refractivity contribution in [2.75, 3.05) is 18.2 Å². The van der Waals surface area contributed by atoms with Crippen LogP contribution in [0.5, 0.6) is 0 Å². The van der Waals surface area contributed by atoms with Gasteiger partial charge in [0, 0.05) is 9.77 Å². The number of esters is 1. The molecule has 0 saturated heterocycles. The van der Waals surface area contributed by atoms with Crippen LogP contribution in [0.25, 0.3) is 10.4 Å². The topological polar surface area (TPSA) is 55.4 Å². The minimum atomic E-state index is -0.432. The van der Waals surface area contributed by atoms with E-state index in [1.807, 2.05) is 60.9 Å². The number of amides is 1. The van der Waals surface area contributed by atoms with Gasteiger partial charge in [0.25, 0.3) is 5.91 Å². The Morgan fingerprint density at radius 2 is 1.78 bits per heavy atom. The Hall–Kier alpha value is -2.57. The summed E-state index contributed by atoms with van der Waals surface area (Å²) in [5, 5.41) is 2.89. The van der Waals surface area contributed by atoms with Crippen LogP contribution in [-0.4, -0.2) is 24.7 Å². The predicted molar refractivity (Wildman–Crippen MR) is 112 cm³/mol. The van der Waals surface area contributed by atoms with Gasteiger partial charge in [0.1, 0.15) is 4.88 Å². The Kier molecular flexibility index (Phi) is 6.32. The van der Waals surface area contributed by atoms with Crippen molar-refractivity contribution in [3.8, 4) is 10.4 Å². The van der Waals surface area contributed by atoms with Crippen LogP contribution >= 0.6 is 23.1 Å². The fraction of sp³-hybridized carbons (Fsp3) is 0.143. The minimum Gasteiger partial charge on any atom is -0.462 e. The number of carbonyl (C=O) groups excluding carboxylic acids is 2. The lowest BCUT2D eigenvalue weighted by molar-refractivity contribution is 0.0533. The third-order valence-corrected chi connectivity index (χ3v) is 5.81. The maximum absolute atomic E-state index is 12.8. The molecule has 1 heterocycles. The summed E-state index contributed by atoms with van der Waals surface area (Å²) in [4.78, 5) is 27.4. The number of ether oxygens (including phenoxy) is 1. The zero-order valence-corrected chi connectivity index (χ0v) is 16.7. The Balaban J connectivity index is 1.96. The van der Waals surface area contributed by atoms with E-state index >= 15 is 0 Å². The van der Waals surface area contributed by atoms with Gasteiger partial charge in [-0.1, -0.05) is 42.5 Å². The monoisotopic (exact) mass is 397 g/mol. The molecule has 0 aliphatic rings. The molecule has 3 aromatic rings. The highest BCUT2D eigenvalue weighted by atomic mass is 32.2. The fourth-order valence-electron chi connectivity index (χ4n) is 2.60. The molecule has 1 aromatic heterocycles. The molecule has 0 aliphatic heterocycles. The number of thiophene rings is 1. The molecule has 0 saturated carbocycles. The molecule has 6 heteroatoms. The van der Waals surface area contributed by atoms with Gasteiger partial charge in [0.05, 0.1) is 17.9 Å². The lowest BCUT2D eigenvalue weighted by Crippen LogP contribution is -2.15. The quantitative estimate of drug-likeness (QED) is 0.437. The van der Waals surface area contributed by atoms with Gasteiger partial charge in [-0.3, -0.25) is 4.79 Å².